The van der Waals surface area contributed by atoms with Gasteiger partial charge in [0.05, 0.1) is 29.1 Å². The molecule has 4 aromatic rings. The molecule has 5 heterocycles. The quantitative estimate of drug-likeness (QED) is 0.127. The van der Waals surface area contributed by atoms with Crippen molar-refractivity contribution in [2.45, 2.75) is 26.7 Å². The highest BCUT2D eigenvalue weighted by Crippen LogP contribution is 2.19. The fourth-order valence-electron chi connectivity index (χ4n) is 2.65. The Labute approximate surface area is 223 Å². The van der Waals surface area contributed by atoms with Crippen molar-refractivity contribution in [3.63, 3.8) is 0 Å². The molecule has 1 aliphatic heterocycles. The van der Waals surface area contributed by atoms with Gasteiger partial charge in [-0.2, -0.15) is 0 Å². The maximum Gasteiger partial charge on any atom is 0.238 e. The summed E-state index contributed by atoms with van der Waals surface area (Å²) in [5.41, 5.74) is 4.42. The topological polar surface area (TPSA) is 72.0 Å². The molecule has 11 heteroatoms. The summed E-state index contributed by atoms with van der Waals surface area (Å²) in [6.07, 6.45) is 10.4. The molecule has 31 heavy (non-hydrogen) atoms. The van der Waals surface area contributed by atoms with E-state index in [1.54, 1.807) is 29.1 Å². The number of rotatable bonds is 0. The number of hydrogen-bond acceptors (Lipinski definition) is 4. The first kappa shape index (κ1) is 24.6. The molecule has 0 unspecified atom stereocenters. The molecule has 0 saturated carbocycles. The first-order valence-corrected chi connectivity index (χ1v) is 12.7. The SMILES string of the molecule is Cc1cc2ncc(I)n2cc1Br.Cc1cc2nccn2cc1Br.O=C1CCC(=O)N1I. The largest absolute Gasteiger partial charge is 0.306 e. The Hall–Kier alpha value is -1.06. The summed E-state index contributed by atoms with van der Waals surface area (Å²) in [5.74, 6) is -0.147. The van der Waals surface area contributed by atoms with E-state index in [0.29, 0.717) is 12.8 Å². The van der Waals surface area contributed by atoms with Gasteiger partial charge in [0, 0.05) is 46.6 Å². The molecule has 2 amide bonds. The zero-order chi connectivity index (χ0) is 22.7. The molecule has 0 aromatic carbocycles. The molecule has 1 aliphatic rings. The van der Waals surface area contributed by atoms with Crippen LogP contribution in [0.3, 0.4) is 0 Å². The second kappa shape index (κ2) is 10.7. The maximum atomic E-state index is 10.5. The van der Waals surface area contributed by atoms with E-state index in [0.717, 1.165) is 27.1 Å². The van der Waals surface area contributed by atoms with Crippen molar-refractivity contribution in [1.82, 2.24) is 21.9 Å². The Bertz CT molecular complexity index is 1220. The number of aryl methyl sites for hydroxylation is 2. The summed E-state index contributed by atoms with van der Waals surface area (Å²) in [6.45, 7) is 4.12. The van der Waals surface area contributed by atoms with Crippen molar-refractivity contribution in [3.05, 3.63) is 66.9 Å². The van der Waals surface area contributed by atoms with Crippen LogP contribution in [0.5, 0.6) is 0 Å². The summed E-state index contributed by atoms with van der Waals surface area (Å²) in [4.78, 5) is 29.4. The van der Waals surface area contributed by atoms with Crippen LogP contribution in [0.4, 0.5) is 0 Å². The third kappa shape index (κ3) is 6.05. The van der Waals surface area contributed by atoms with E-state index in [-0.39, 0.29) is 11.8 Å². The van der Waals surface area contributed by atoms with Crippen molar-refractivity contribution in [2.24, 2.45) is 0 Å². The molecule has 0 spiro atoms. The molecular weight excluding hydrogens is 756 g/mol. The van der Waals surface area contributed by atoms with Crippen LogP contribution in [0.15, 0.2) is 52.1 Å². The van der Waals surface area contributed by atoms with E-state index in [1.165, 1.54) is 11.1 Å². The lowest BCUT2D eigenvalue weighted by molar-refractivity contribution is -0.130. The first-order valence-electron chi connectivity index (χ1n) is 9.06. The summed E-state index contributed by atoms with van der Waals surface area (Å²) in [5, 5.41) is 0. The van der Waals surface area contributed by atoms with Gasteiger partial charge in [0.2, 0.25) is 11.8 Å². The molecule has 0 N–H and O–H groups in total. The first-order chi connectivity index (χ1) is 14.7. The van der Waals surface area contributed by atoms with Gasteiger partial charge in [-0.25, -0.2) is 13.1 Å². The molecule has 162 valence electrons. The van der Waals surface area contributed by atoms with Crippen LogP contribution in [0.2, 0.25) is 0 Å². The number of pyridine rings is 2. The number of imide groups is 1. The highest BCUT2D eigenvalue weighted by Gasteiger charge is 2.26. The molecule has 1 saturated heterocycles. The van der Waals surface area contributed by atoms with Gasteiger partial charge in [-0.05, 0) is 91.6 Å². The molecule has 0 aliphatic carbocycles. The lowest BCUT2D eigenvalue weighted by Crippen LogP contribution is -2.16. The Kier molecular flexibility index (Phi) is 8.49. The van der Waals surface area contributed by atoms with E-state index >= 15 is 0 Å². The predicted octanol–water partition coefficient (Wildman–Crippen LogP) is 5.90. The molecule has 5 rings (SSSR count). The van der Waals surface area contributed by atoms with Crippen LogP contribution in [0.1, 0.15) is 24.0 Å². The van der Waals surface area contributed by atoms with Crippen LogP contribution < -0.4 is 0 Å². The van der Waals surface area contributed by atoms with E-state index in [1.807, 2.05) is 35.3 Å². The zero-order valence-electron chi connectivity index (χ0n) is 16.5. The van der Waals surface area contributed by atoms with Crippen LogP contribution >= 0.6 is 77.3 Å². The van der Waals surface area contributed by atoms with Crippen LogP contribution in [0, 0.1) is 17.5 Å². The molecule has 1 fully saturated rings. The number of amides is 2. The lowest BCUT2D eigenvalue weighted by Gasteiger charge is -1.99. The Morgan fingerprint density at radius 1 is 0.935 bits per heavy atom. The molecule has 0 atom stereocenters. The fraction of sp³-hybridized carbons (Fsp3) is 0.200. The van der Waals surface area contributed by atoms with Crippen molar-refractivity contribution >= 4 is 100 Å². The smallest absolute Gasteiger partial charge is 0.238 e. The summed E-state index contributed by atoms with van der Waals surface area (Å²) in [7, 11) is 0. The predicted molar refractivity (Wildman–Crippen MR) is 143 cm³/mol. The zero-order valence-corrected chi connectivity index (χ0v) is 24.0. The van der Waals surface area contributed by atoms with Crippen molar-refractivity contribution in [2.75, 3.05) is 0 Å². The van der Waals surface area contributed by atoms with Crippen molar-refractivity contribution in [3.8, 4) is 0 Å². The van der Waals surface area contributed by atoms with Gasteiger partial charge in [-0.15, -0.1) is 0 Å². The molecular formula is C20H17Br2I2N5O2. The van der Waals surface area contributed by atoms with Gasteiger partial charge >= 0.3 is 0 Å². The van der Waals surface area contributed by atoms with Crippen LogP contribution in [-0.4, -0.2) is 33.7 Å². The Morgan fingerprint density at radius 2 is 1.52 bits per heavy atom. The highest BCUT2D eigenvalue weighted by molar-refractivity contribution is 14.1. The second-order valence-electron chi connectivity index (χ2n) is 6.68. The number of carbonyl (C=O) groups excluding carboxylic acids is 2. The third-order valence-corrected chi connectivity index (χ3v) is 7.94. The molecule has 4 aromatic heterocycles. The Morgan fingerprint density at radius 3 is 2.10 bits per heavy atom. The van der Waals surface area contributed by atoms with E-state index in [4.69, 9.17) is 0 Å². The number of imidazole rings is 2. The van der Waals surface area contributed by atoms with Gasteiger partial charge in [-0.1, -0.05) is 0 Å². The number of fused-ring (bicyclic) bond motifs is 2. The van der Waals surface area contributed by atoms with Gasteiger partial charge in [0.1, 0.15) is 15.0 Å². The van der Waals surface area contributed by atoms with Crippen molar-refractivity contribution < 1.29 is 9.59 Å². The summed E-state index contributed by atoms with van der Waals surface area (Å²) in [6, 6.07) is 4.11. The minimum Gasteiger partial charge on any atom is -0.306 e. The van der Waals surface area contributed by atoms with Crippen LogP contribution in [0.25, 0.3) is 11.3 Å². The van der Waals surface area contributed by atoms with Crippen LogP contribution in [-0.2, 0) is 9.59 Å². The van der Waals surface area contributed by atoms with Gasteiger partial charge < -0.3 is 4.40 Å². The molecule has 7 nitrogen and oxygen atoms in total. The standard InChI is InChI=1S/C8H6BrIN2.C8H7BrN2.C4H4INO2/c1-5-2-8-11-3-7(10)12(8)4-6(5)9;1-6-4-8-10-2-3-11(8)5-7(6)9;5-6-3(7)1-2-4(6)8/h2-4H,1H3;2-5H,1H3;1-2H2. The minimum atomic E-state index is -0.0735. The summed E-state index contributed by atoms with van der Waals surface area (Å²) >= 11 is 10.9. The van der Waals surface area contributed by atoms with Gasteiger partial charge in [0.25, 0.3) is 0 Å². The second-order valence-corrected chi connectivity index (χ2v) is 10.5. The summed E-state index contributed by atoms with van der Waals surface area (Å²) < 4.78 is 8.53. The van der Waals surface area contributed by atoms with Gasteiger partial charge in [0.15, 0.2) is 0 Å². The maximum absolute atomic E-state index is 10.5. The lowest BCUT2D eigenvalue weighted by atomic mass is 10.3. The van der Waals surface area contributed by atoms with E-state index in [9.17, 15) is 9.59 Å². The highest BCUT2D eigenvalue weighted by atomic mass is 127. The number of hydrogen-bond donors (Lipinski definition) is 0. The number of nitrogens with zero attached hydrogens (tertiary/aromatic N) is 5. The third-order valence-electron chi connectivity index (χ3n) is 4.41. The minimum absolute atomic E-state index is 0.0735. The Balaban J connectivity index is 0.000000135. The molecule has 0 radical (unpaired) electrons. The number of carbonyl (C=O) groups is 2. The fourth-order valence-corrected chi connectivity index (χ4v) is 4.31. The van der Waals surface area contributed by atoms with Gasteiger partial charge in [-0.3, -0.25) is 14.0 Å². The van der Waals surface area contributed by atoms with Crippen molar-refractivity contribution in [1.29, 1.82) is 0 Å². The monoisotopic (exact) mass is 771 g/mol. The average Bonchev–Trinajstić information content (AvgIpc) is 3.41. The van der Waals surface area contributed by atoms with E-state index < -0.39 is 0 Å². The average molecular weight is 773 g/mol. The van der Waals surface area contributed by atoms with E-state index in [2.05, 4.69) is 88.7 Å². The molecule has 0 bridgehead atoms. The number of halogens is 4. The normalized spacial score (nSPS) is 13.3. The number of aromatic nitrogens is 4.